The van der Waals surface area contributed by atoms with Gasteiger partial charge in [0.15, 0.2) is 5.82 Å². The average Bonchev–Trinajstić information content (AvgIpc) is 4.07. The molecule has 66 heavy (non-hydrogen) atoms. The standard InChI is InChI=1S/C49H53N9O6S2/c1-25-28(4)66-48-40(25)41(53-37(21-39(60)64-9)44-56-55-29(5)58(44)48)32-14-12-31(13-15-32)36-19-18-34(22-50-36)45(61)54-43(49(6,7)8)47(63)57-23-35(59)20-38(57)46(62)52-26(2)30-10-16-33(17-11-30)42-27(3)51-24-65-42/h10-19,22,24,26,35,37-38,43,59H,20-21,23H2,1-9H3,(H,52,62)(H,54,61)/t26-,35+,37-,38-,43+/m0/s1. The van der Waals surface area contributed by atoms with Gasteiger partial charge in [0.1, 0.15) is 29.0 Å². The smallest absolute Gasteiger partial charge is 0.308 e. The molecular formula is C49H53N9O6S2. The molecule has 0 spiro atoms. The molecule has 3 N–H and O–H groups in total. The summed E-state index contributed by atoms with van der Waals surface area (Å²) in [6, 6.07) is 16.2. The highest BCUT2D eigenvalue weighted by Crippen LogP contribution is 2.40. The molecule has 3 amide bonds. The van der Waals surface area contributed by atoms with E-state index < -0.39 is 47.4 Å². The van der Waals surface area contributed by atoms with Crippen LogP contribution in [0.15, 0.2) is 77.4 Å². The molecule has 2 aliphatic rings. The number of thiophene rings is 1. The number of carbonyl (C=O) groups excluding carboxylic acids is 4. The van der Waals surface area contributed by atoms with Gasteiger partial charge in [0.25, 0.3) is 5.91 Å². The van der Waals surface area contributed by atoms with E-state index in [1.54, 1.807) is 34.8 Å². The summed E-state index contributed by atoms with van der Waals surface area (Å²) in [5.74, 6) is -0.469. The summed E-state index contributed by atoms with van der Waals surface area (Å²) in [5, 5.41) is 26.4. The molecule has 15 nitrogen and oxygen atoms in total. The maximum Gasteiger partial charge on any atom is 0.308 e. The van der Waals surface area contributed by atoms with Gasteiger partial charge in [0, 0.05) is 40.7 Å². The van der Waals surface area contributed by atoms with Crippen LogP contribution >= 0.6 is 22.7 Å². The van der Waals surface area contributed by atoms with Crippen molar-refractivity contribution in [3.8, 4) is 26.7 Å². The first-order valence-corrected chi connectivity index (χ1v) is 23.5. The number of hydrogen-bond acceptors (Lipinski definition) is 13. The number of aliphatic hydroxyl groups excluding tert-OH is 1. The van der Waals surface area contributed by atoms with Gasteiger partial charge in [-0.25, -0.2) is 4.98 Å². The van der Waals surface area contributed by atoms with Crippen LogP contribution in [0, 0.1) is 33.1 Å². The minimum Gasteiger partial charge on any atom is -0.469 e. The van der Waals surface area contributed by atoms with E-state index in [2.05, 4.69) is 44.6 Å². The molecule has 8 rings (SSSR count). The predicted octanol–water partition coefficient (Wildman–Crippen LogP) is 7.19. The molecule has 342 valence electrons. The molecule has 5 atom stereocenters. The van der Waals surface area contributed by atoms with E-state index in [0.29, 0.717) is 17.3 Å². The van der Waals surface area contributed by atoms with Crippen molar-refractivity contribution in [2.45, 2.75) is 98.5 Å². The number of pyridine rings is 1. The number of thiazole rings is 1. The number of carbonyl (C=O) groups is 4. The number of hydrogen-bond donors (Lipinski definition) is 3. The van der Waals surface area contributed by atoms with E-state index >= 15 is 0 Å². The number of likely N-dealkylation sites (tertiary alicyclic amines) is 1. The molecule has 0 unspecified atom stereocenters. The molecule has 2 aliphatic heterocycles. The lowest BCUT2D eigenvalue weighted by Crippen LogP contribution is -2.57. The molecule has 6 heterocycles. The van der Waals surface area contributed by atoms with Crippen LogP contribution in [-0.2, 0) is 19.1 Å². The van der Waals surface area contributed by atoms with Gasteiger partial charge in [0.2, 0.25) is 11.8 Å². The molecule has 0 aliphatic carbocycles. The fourth-order valence-electron chi connectivity index (χ4n) is 8.49. The molecule has 1 saturated heterocycles. The Balaban J connectivity index is 0.965. The number of aliphatic hydroxyl groups is 1. The van der Waals surface area contributed by atoms with Crippen molar-refractivity contribution in [2.75, 3.05) is 13.7 Å². The Bertz CT molecular complexity index is 2840. The van der Waals surface area contributed by atoms with Crippen LogP contribution in [0.4, 0.5) is 0 Å². The minimum atomic E-state index is -1.02. The van der Waals surface area contributed by atoms with Crippen molar-refractivity contribution in [1.82, 2.24) is 40.3 Å². The van der Waals surface area contributed by atoms with Crippen LogP contribution in [0.2, 0.25) is 0 Å². The summed E-state index contributed by atoms with van der Waals surface area (Å²) in [4.78, 5) is 72.3. The molecule has 6 aromatic rings. The number of aliphatic imine (C=N–C) groups is 1. The molecule has 4 aromatic heterocycles. The van der Waals surface area contributed by atoms with E-state index in [1.165, 1.54) is 18.2 Å². The van der Waals surface area contributed by atoms with Crippen LogP contribution < -0.4 is 10.6 Å². The van der Waals surface area contributed by atoms with Gasteiger partial charge in [-0.2, -0.15) is 0 Å². The van der Waals surface area contributed by atoms with Gasteiger partial charge in [-0.3, -0.25) is 33.7 Å². The van der Waals surface area contributed by atoms with E-state index in [0.717, 1.165) is 59.5 Å². The Morgan fingerprint density at radius 3 is 2.24 bits per heavy atom. The molecular weight excluding hydrogens is 875 g/mol. The third kappa shape index (κ3) is 9.06. The van der Waals surface area contributed by atoms with Crippen LogP contribution in [0.25, 0.3) is 26.7 Å². The van der Waals surface area contributed by atoms with Crippen molar-refractivity contribution < 1.29 is 29.0 Å². The summed E-state index contributed by atoms with van der Waals surface area (Å²) in [6.07, 6.45) is 0.648. The topological polar surface area (TPSA) is 194 Å². The lowest BCUT2D eigenvalue weighted by Gasteiger charge is -2.35. The van der Waals surface area contributed by atoms with Crippen LogP contribution in [0.5, 0.6) is 0 Å². The minimum absolute atomic E-state index is 0.00165. The molecule has 0 saturated carbocycles. The second kappa shape index (κ2) is 18.5. The largest absolute Gasteiger partial charge is 0.469 e. The summed E-state index contributed by atoms with van der Waals surface area (Å²) < 4.78 is 7.01. The fraction of sp³-hybridized carbons (Fsp3) is 0.367. The number of aryl methyl sites for hydroxylation is 3. The van der Waals surface area contributed by atoms with Gasteiger partial charge in [-0.15, -0.1) is 32.9 Å². The number of ether oxygens (including phenoxy) is 1. The molecule has 0 radical (unpaired) electrons. The first-order chi connectivity index (χ1) is 31.4. The number of rotatable bonds is 11. The van der Waals surface area contributed by atoms with Gasteiger partial charge < -0.3 is 25.4 Å². The summed E-state index contributed by atoms with van der Waals surface area (Å²) >= 11 is 3.20. The van der Waals surface area contributed by atoms with Gasteiger partial charge in [-0.05, 0) is 68.9 Å². The fourth-order valence-corrected chi connectivity index (χ4v) is 10.5. The van der Waals surface area contributed by atoms with Crippen molar-refractivity contribution in [2.24, 2.45) is 10.4 Å². The van der Waals surface area contributed by atoms with Gasteiger partial charge in [-0.1, -0.05) is 69.3 Å². The van der Waals surface area contributed by atoms with E-state index in [9.17, 15) is 24.3 Å². The SMILES string of the molecule is COC(=O)C[C@@H]1N=C(c2ccc(-c3ccc(C(=O)N[C@H](C(=O)N4C[C@H](O)C[C@H]4C(=O)N[C@@H](C)c4ccc(-c5scnc5C)cc4)C(C)(C)C)cn3)cc2)c2c(sc(C)c2C)-n2c(C)nnc21. The van der Waals surface area contributed by atoms with Crippen molar-refractivity contribution >= 4 is 52.1 Å². The van der Waals surface area contributed by atoms with E-state index in [-0.39, 0.29) is 36.9 Å². The third-order valence-corrected chi connectivity index (χ3v) is 14.5. The Labute approximate surface area is 391 Å². The first-order valence-electron chi connectivity index (χ1n) is 21.8. The normalized spacial score (nSPS) is 17.8. The Hall–Kier alpha value is -6.43. The van der Waals surface area contributed by atoms with E-state index in [1.807, 2.05) is 100 Å². The highest BCUT2D eigenvalue weighted by molar-refractivity contribution is 7.15. The molecule has 2 aromatic carbocycles. The number of fused-ring (bicyclic) bond motifs is 3. The van der Waals surface area contributed by atoms with Crippen molar-refractivity contribution in [1.29, 1.82) is 0 Å². The zero-order valence-electron chi connectivity index (χ0n) is 38.4. The number of aromatic nitrogens is 5. The Morgan fingerprint density at radius 2 is 1.61 bits per heavy atom. The van der Waals surface area contributed by atoms with Crippen LogP contribution in [0.3, 0.4) is 0 Å². The summed E-state index contributed by atoms with van der Waals surface area (Å²) in [7, 11) is 1.36. The van der Waals surface area contributed by atoms with Crippen molar-refractivity contribution in [3.05, 3.63) is 122 Å². The lowest BCUT2D eigenvalue weighted by molar-refractivity contribution is -0.142. The Morgan fingerprint density at radius 1 is 0.909 bits per heavy atom. The first kappa shape index (κ1) is 46.1. The lowest BCUT2D eigenvalue weighted by atomic mass is 9.85. The number of benzene rings is 2. The maximum absolute atomic E-state index is 14.3. The molecule has 0 bridgehead atoms. The second-order valence-corrected chi connectivity index (χ2v) is 20.0. The second-order valence-electron chi connectivity index (χ2n) is 18.0. The maximum atomic E-state index is 14.3. The number of nitrogens with zero attached hydrogens (tertiary/aromatic N) is 7. The predicted molar refractivity (Wildman–Crippen MR) is 254 cm³/mol. The third-order valence-electron chi connectivity index (χ3n) is 12.3. The number of esters is 1. The van der Waals surface area contributed by atoms with Crippen molar-refractivity contribution in [3.63, 3.8) is 0 Å². The highest BCUT2D eigenvalue weighted by Gasteiger charge is 2.45. The van der Waals surface area contributed by atoms with E-state index in [4.69, 9.17) is 9.73 Å². The molecule has 17 heteroatoms. The number of nitrogens with one attached hydrogen (secondary N) is 2. The number of β-amino-alcohol motifs (C(OH)–C–C–N with tert-alkyl or cyclic N) is 1. The number of amides is 3. The zero-order chi connectivity index (χ0) is 47.2. The quantitative estimate of drug-likeness (QED) is 0.112. The Kier molecular flexibility index (Phi) is 12.9. The highest BCUT2D eigenvalue weighted by atomic mass is 32.1. The molecule has 1 fully saturated rings. The monoisotopic (exact) mass is 927 g/mol. The summed E-state index contributed by atoms with van der Waals surface area (Å²) in [6.45, 7) is 15.4. The zero-order valence-corrected chi connectivity index (χ0v) is 40.0. The van der Waals surface area contributed by atoms with Gasteiger partial charge >= 0.3 is 5.97 Å². The van der Waals surface area contributed by atoms with Crippen LogP contribution in [0.1, 0.15) is 107 Å². The van der Waals surface area contributed by atoms with Gasteiger partial charge in [0.05, 0.1) is 58.7 Å². The van der Waals surface area contributed by atoms with Crippen LogP contribution in [-0.4, -0.2) is 96.0 Å². The average molecular weight is 928 g/mol. The summed E-state index contributed by atoms with van der Waals surface area (Å²) in [5.41, 5.74) is 9.24. The number of methoxy groups -OCH3 is 1.